The van der Waals surface area contributed by atoms with E-state index in [1.807, 2.05) is 0 Å². The zero-order valence-corrected chi connectivity index (χ0v) is 8.41. The molecule has 1 aliphatic rings. The smallest absolute Gasteiger partial charge is 0.0657 e. The third kappa shape index (κ3) is 2.11. The summed E-state index contributed by atoms with van der Waals surface area (Å²) in [6.45, 7) is -7.57. The Kier molecular flexibility index (Phi) is 0.704. The summed E-state index contributed by atoms with van der Waals surface area (Å²) >= 11 is 2.80. The van der Waals surface area contributed by atoms with Crippen LogP contribution in [0, 0.1) is 0 Å². The molecule has 0 N–H and O–H groups in total. The van der Waals surface area contributed by atoms with E-state index in [9.17, 15) is 0 Å². The lowest BCUT2D eigenvalue weighted by molar-refractivity contribution is 0.485. The number of hydrogen-bond donors (Lipinski definition) is 0. The molecule has 2 rings (SSSR count). The van der Waals surface area contributed by atoms with Crippen molar-refractivity contribution < 1.29 is 21.9 Å². The fourth-order valence-electron chi connectivity index (χ4n) is 0.877. The van der Waals surface area contributed by atoms with Gasteiger partial charge in [-0.3, -0.25) is 0 Å². The molecule has 1 fully saturated rings. The molecule has 1 nitrogen and oxygen atoms in total. The number of rotatable bonds is 1. The molecule has 1 saturated heterocycles. The first-order valence-corrected chi connectivity index (χ1v) is 4.40. The normalized spacial score (nSPS) is 59.6. The summed E-state index contributed by atoms with van der Waals surface area (Å²) in [5.74, 6) is 0. The van der Waals surface area contributed by atoms with Gasteiger partial charge in [0.2, 0.25) is 0 Å². The van der Waals surface area contributed by atoms with Crippen LogP contribution in [0.3, 0.4) is 0 Å². The van der Waals surface area contributed by atoms with Crippen LogP contribution in [0.4, 0.5) is 5.69 Å². The number of benzene rings is 1. The molecule has 1 aromatic carbocycles. The maximum Gasteiger partial charge on any atom is 0.0657 e. The molecule has 1 atom stereocenters. The van der Waals surface area contributed by atoms with Crippen molar-refractivity contribution in [1.29, 1.82) is 0 Å². The highest BCUT2D eigenvalue weighted by molar-refractivity contribution is 9.10. The van der Waals surface area contributed by atoms with Gasteiger partial charge in [-0.25, -0.2) is 0 Å². The molecule has 0 spiro atoms. The van der Waals surface area contributed by atoms with Gasteiger partial charge >= 0.3 is 0 Å². The van der Waals surface area contributed by atoms with Gasteiger partial charge in [-0.15, -0.1) is 0 Å². The van der Waals surface area contributed by atoms with E-state index in [-0.39, 0.29) is 4.90 Å². The highest BCUT2D eigenvalue weighted by Crippen LogP contribution is 2.26. The summed E-state index contributed by atoms with van der Waals surface area (Å²) in [7, 11) is 0. The fourth-order valence-corrected chi connectivity index (χ4v) is 1.16. The van der Waals surface area contributed by atoms with Crippen LogP contribution < -0.4 is 4.90 Å². The number of halogens is 1. The Morgan fingerprint density at radius 2 is 2.64 bits per heavy atom. The largest absolute Gasteiger partial charge is 0.369 e. The third-order valence-electron chi connectivity index (χ3n) is 1.44. The lowest BCUT2D eigenvalue weighted by Gasteiger charge is -2.35. The molecule has 14 heavy (non-hydrogen) atoms. The average molecular weight is 270 g/mol. The van der Waals surface area contributed by atoms with Crippen LogP contribution in [-0.4, -0.2) is 12.5 Å². The van der Waals surface area contributed by atoms with Crippen LogP contribution in [0.5, 0.6) is 0 Å². The number of nitrogens with zero attached hydrogens (tertiary/aromatic N) is 1. The summed E-state index contributed by atoms with van der Waals surface area (Å²) in [6, 6.07) is -7.50. The van der Waals surface area contributed by atoms with Gasteiger partial charge in [0.25, 0.3) is 0 Å². The molecule has 0 aromatic heterocycles. The van der Waals surface area contributed by atoms with Gasteiger partial charge in [0.15, 0.2) is 0 Å². The first-order valence-electron chi connectivity index (χ1n) is 11.6. The van der Waals surface area contributed by atoms with Crippen LogP contribution in [0.1, 0.15) is 47.9 Å². The number of piperidine rings is 1. The Bertz CT molecular complexity index is 862. The van der Waals surface area contributed by atoms with E-state index in [0.29, 0.717) is 0 Å². The monoisotopic (exact) mass is 269 g/mol. The van der Waals surface area contributed by atoms with Crippen molar-refractivity contribution >= 4 is 21.6 Å². The molecule has 1 unspecified atom stereocenters. The zero-order chi connectivity index (χ0) is 24.0. The Morgan fingerprint density at radius 1 is 1.71 bits per heavy atom. The molecule has 1 heterocycles. The summed E-state index contributed by atoms with van der Waals surface area (Å²) in [5.41, 5.74) is -1.12. The van der Waals surface area contributed by atoms with Crippen LogP contribution in [0.15, 0.2) is 28.6 Å². The predicted octanol–water partition coefficient (Wildman–Crippen LogP) is 3.83. The molecule has 1 aliphatic heterocycles. The molecule has 0 amide bonds. The SMILES string of the molecule is [2H]c1c([2H])c(Br)c([2H])c(N2C([2H])([2H])C([2H])([2H])C([2H])([2H])C([2H])([2H])C2([2H])C([2H])([2H])[2H])c1[2H]. The quantitative estimate of drug-likeness (QED) is 0.749. The van der Waals surface area contributed by atoms with Crippen LogP contribution in [0.25, 0.3) is 0 Å². The predicted molar refractivity (Wildman–Crippen MR) is 64.8 cm³/mol. The van der Waals surface area contributed by atoms with Gasteiger partial charge in [-0.1, -0.05) is 22.0 Å². The summed E-state index contributed by atoms with van der Waals surface area (Å²) in [4.78, 5) is -0.277. The van der Waals surface area contributed by atoms with E-state index >= 15 is 0 Å². The molecule has 2 heteroatoms. The van der Waals surface area contributed by atoms with E-state index in [1.165, 1.54) is 0 Å². The van der Waals surface area contributed by atoms with Gasteiger partial charge in [-0.2, -0.15) is 0 Å². The minimum atomic E-state index is -3.90. The van der Waals surface area contributed by atoms with E-state index in [1.54, 1.807) is 0 Å². The van der Waals surface area contributed by atoms with E-state index in [2.05, 4.69) is 15.9 Å². The standard InChI is InChI=1S/C12H16BrN/c1-10-5-2-3-8-14(10)12-7-4-6-11(13)9-12/h4,6-7,9-10H,2-3,5,8H2,1H3/i1D3,2D2,3D2,4D,5D2,6D,7D,8D2,9D,10D. The molecule has 0 saturated carbocycles. The van der Waals surface area contributed by atoms with Crippen molar-refractivity contribution in [3.05, 3.63) is 28.6 Å². The molecular formula is C12H16BrN. The Hall–Kier alpha value is -0.500. The van der Waals surface area contributed by atoms with Crippen molar-refractivity contribution in [2.24, 2.45) is 0 Å². The van der Waals surface area contributed by atoms with Gasteiger partial charge < -0.3 is 4.90 Å². The van der Waals surface area contributed by atoms with Gasteiger partial charge in [0, 0.05) is 37.8 Å². The molecule has 1 aromatic rings. The summed E-state index contributed by atoms with van der Waals surface area (Å²) < 4.78 is 127. The topological polar surface area (TPSA) is 3.24 Å². The second-order valence-corrected chi connectivity index (χ2v) is 3.13. The van der Waals surface area contributed by atoms with Crippen molar-refractivity contribution in [3.63, 3.8) is 0 Å². The Morgan fingerprint density at radius 3 is 3.50 bits per heavy atom. The zero-order valence-electron chi connectivity index (χ0n) is 22.8. The van der Waals surface area contributed by atoms with Crippen LogP contribution >= 0.6 is 15.9 Å². The van der Waals surface area contributed by atoms with Gasteiger partial charge in [0.05, 0.1) is 6.85 Å². The Balaban J connectivity index is 3.17. The van der Waals surface area contributed by atoms with E-state index in [0.717, 1.165) is 0 Å². The third-order valence-corrected chi connectivity index (χ3v) is 1.84. The Labute approximate surface area is 117 Å². The maximum atomic E-state index is 8.50. The molecule has 0 bridgehead atoms. The van der Waals surface area contributed by atoms with E-state index in [4.69, 9.17) is 21.9 Å². The number of hydrogen-bond acceptors (Lipinski definition) is 1. The minimum absolute atomic E-state index is 0.277. The van der Waals surface area contributed by atoms with Crippen molar-refractivity contribution in [1.82, 2.24) is 0 Å². The molecular weight excluding hydrogens is 238 g/mol. The highest BCUT2D eigenvalue weighted by Gasteiger charge is 2.18. The number of anilines is 1. The molecule has 76 valence electrons. The lowest BCUT2D eigenvalue weighted by atomic mass is 10.0. The van der Waals surface area contributed by atoms with Crippen molar-refractivity contribution in [3.8, 4) is 0 Å². The first-order chi connectivity index (χ1) is 13.0. The lowest BCUT2D eigenvalue weighted by Crippen LogP contribution is -2.37. The van der Waals surface area contributed by atoms with Crippen molar-refractivity contribution in [2.45, 2.75) is 32.0 Å². The molecule has 0 aliphatic carbocycles. The van der Waals surface area contributed by atoms with Gasteiger partial charge in [-0.05, 0) is 44.1 Å². The van der Waals surface area contributed by atoms with Crippen molar-refractivity contribution in [2.75, 3.05) is 11.4 Å². The maximum absolute atomic E-state index is 8.50. The highest BCUT2D eigenvalue weighted by atomic mass is 79.9. The van der Waals surface area contributed by atoms with E-state index < -0.39 is 72.8 Å². The molecule has 0 radical (unpaired) electrons. The minimum Gasteiger partial charge on any atom is -0.369 e. The first kappa shape index (κ1) is 2.27. The summed E-state index contributed by atoms with van der Waals surface area (Å²) in [6.07, 6.45) is -11.5. The van der Waals surface area contributed by atoms with Crippen LogP contribution in [-0.2, 0) is 0 Å². The fraction of sp³-hybridized carbons (Fsp3) is 0.500. The second-order valence-electron chi connectivity index (χ2n) is 2.33. The van der Waals surface area contributed by atoms with Crippen LogP contribution in [0.2, 0.25) is 0 Å². The van der Waals surface area contributed by atoms with Gasteiger partial charge in [0.1, 0.15) is 0 Å². The second kappa shape index (κ2) is 4.35. The average Bonchev–Trinajstić information content (AvgIpc) is 2.58. The summed E-state index contributed by atoms with van der Waals surface area (Å²) in [5, 5.41) is 0.